The summed E-state index contributed by atoms with van der Waals surface area (Å²) in [5.41, 5.74) is 0. The summed E-state index contributed by atoms with van der Waals surface area (Å²) in [6.07, 6.45) is 2.53. The molecule has 0 fully saturated rings. The quantitative estimate of drug-likeness (QED) is 0.579. The van der Waals surface area contributed by atoms with E-state index in [-0.39, 0.29) is 18.0 Å². The SMILES string of the molecule is CCNc1ncc(S(=O)(=O)NCCOCCOC)cn1. The fraction of sp³-hybridized carbons (Fsp3) is 0.636. The van der Waals surface area contributed by atoms with E-state index in [9.17, 15) is 8.42 Å². The minimum atomic E-state index is -3.60. The summed E-state index contributed by atoms with van der Waals surface area (Å²) in [5.74, 6) is 0.398. The van der Waals surface area contributed by atoms with Gasteiger partial charge in [-0.2, -0.15) is 0 Å². The molecule has 0 aliphatic carbocycles. The summed E-state index contributed by atoms with van der Waals surface area (Å²) in [6, 6.07) is 0. The smallest absolute Gasteiger partial charge is 0.243 e. The summed E-state index contributed by atoms with van der Waals surface area (Å²) in [5, 5.41) is 2.89. The van der Waals surface area contributed by atoms with Gasteiger partial charge in [0.2, 0.25) is 16.0 Å². The molecular formula is C11H20N4O4S. The minimum Gasteiger partial charge on any atom is -0.382 e. The van der Waals surface area contributed by atoms with Gasteiger partial charge in [-0.25, -0.2) is 23.1 Å². The van der Waals surface area contributed by atoms with E-state index in [1.807, 2.05) is 6.92 Å². The predicted molar refractivity (Wildman–Crippen MR) is 74.1 cm³/mol. The average molecular weight is 304 g/mol. The van der Waals surface area contributed by atoms with Gasteiger partial charge in [0.15, 0.2) is 0 Å². The molecule has 0 aliphatic heterocycles. The van der Waals surface area contributed by atoms with Crippen molar-refractivity contribution in [2.24, 2.45) is 0 Å². The van der Waals surface area contributed by atoms with E-state index in [1.165, 1.54) is 12.4 Å². The Labute approximate surface area is 119 Å². The second-order valence-electron chi connectivity index (χ2n) is 3.78. The van der Waals surface area contributed by atoms with E-state index in [1.54, 1.807) is 7.11 Å². The van der Waals surface area contributed by atoms with Gasteiger partial charge in [0, 0.05) is 20.2 Å². The number of aromatic nitrogens is 2. The second kappa shape index (κ2) is 8.80. The molecule has 0 saturated heterocycles. The van der Waals surface area contributed by atoms with E-state index < -0.39 is 10.0 Å². The van der Waals surface area contributed by atoms with Crippen LogP contribution in [-0.4, -0.2) is 58.4 Å². The summed E-state index contributed by atoms with van der Waals surface area (Å²) in [6.45, 7) is 3.94. The van der Waals surface area contributed by atoms with Gasteiger partial charge >= 0.3 is 0 Å². The number of anilines is 1. The monoisotopic (exact) mass is 304 g/mol. The number of hydrogen-bond acceptors (Lipinski definition) is 7. The fourth-order valence-corrected chi connectivity index (χ4v) is 2.18. The van der Waals surface area contributed by atoms with E-state index in [0.717, 1.165) is 0 Å². The van der Waals surface area contributed by atoms with Crippen molar-refractivity contribution < 1.29 is 17.9 Å². The molecule has 20 heavy (non-hydrogen) atoms. The zero-order valence-corrected chi connectivity index (χ0v) is 12.4. The molecule has 1 rings (SSSR count). The number of hydrogen-bond donors (Lipinski definition) is 2. The van der Waals surface area contributed by atoms with Crippen LogP contribution in [0.25, 0.3) is 0 Å². The number of nitrogens with zero attached hydrogens (tertiary/aromatic N) is 2. The summed E-state index contributed by atoms with van der Waals surface area (Å²) in [7, 11) is -2.03. The Bertz CT molecular complexity index is 478. The molecule has 1 heterocycles. The van der Waals surface area contributed by atoms with E-state index >= 15 is 0 Å². The first-order chi connectivity index (χ1) is 9.60. The molecule has 0 saturated carbocycles. The maximum Gasteiger partial charge on any atom is 0.243 e. The highest BCUT2D eigenvalue weighted by Gasteiger charge is 2.14. The van der Waals surface area contributed by atoms with Crippen LogP contribution in [0.4, 0.5) is 5.95 Å². The molecule has 114 valence electrons. The maximum atomic E-state index is 11.9. The number of rotatable bonds is 10. The van der Waals surface area contributed by atoms with Gasteiger partial charge in [0.25, 0.3) is 0 Å². The Kier molecular flexibility index (Phi) is 7.37. The topological polar surface area (TPSA) is 102 Å². The highest BCUT2D eigenvalue weighted by molar-refractivity contribution is 7.89. The van der Waals surface area contributed by atoms with Crippen molar-refractivity contribution in [1.82, 2.24) is 14.7 Å². The van der Waals surface area contributed by atoms with Crippen LogP contribution in [0.3, 0.4) is 0 Å². The third-order valence-corrected chi connectivity index (χ3v) is 3.66. The lowest BCUT2D eigenvalue weighted by atomic mass is 10.6. The standard InChI is InChI=1S/C11H20N4O4S/c1-3-12-11-13-8-10(9-14-11)20(16,17)15-4-5-19-7-6-18-2/h8-9,15H,3-7H2,1-2H3,(H,12,13,14). The van der Waals surface area contributed by atoms with Gasteiger partial charge in [0.05, 0.1) is 32.2 Å². The molecule has 0 aliphatic rings. The van der Waals surface area contributed by atoms with Gasteiger partial charge in [-0.1, -0.05) is 0 Å². The lowest BCUT2D eigenvalue weighted by Crippen LogP contribution is -2.28. The number of sulfonamides is 1. The Morgan fingerprint density at radius 3 is 2.50 bits per heavy atom. The molecule has 0 radical (unpaired) electrons. The molecule has 8 nitrogen and oxygen atoms in total. The molecule has 0 aromatic carbocycles. The van der Waals surface area contributed by atoms with E-state index in [0.29, 0.717) is 25.7 Å². The van der Waals surface area contributed by atoms with Gasteiger partial charge in [-0.3, -0.25) is 0 Å². The third-order valence-electron chi connectivity index (χ3n) is 2.24. The molecule has 1 aromatic rings. The predicted octanol–water partition coefficient (Wildman–Crippen LogP) is -0.150. The Hall–Kier alpha value is -1.29. The lowest BCUT2D eigenvalue weighted by Gasteiger charge is -2.07. The van der Waals surface area contributed by atoms with Crippen LogP contribution in [0.5, 0.6) is 0 Å². The molecule has 2 N–H and O–H groups in total. The van der Waals surface area contributed by atoms with Crippen molar-refractivity contribution >= 4 is 16.0 Å². The van der Waals surface area contributed by atoms with Crippen LogP contribution < -0.4 is 10.0 Å². The fourth-order valence-electron chi connectivity index (χ4n) is 1.28. The van der Waals surface area contributed by atoms with Gasteiger partial charge < -0.3 is 14.8 Å². The maximum absolute atomic E-state index is 11.9. The van der Waals surface area contributed by atoms with Crippen LogP contribution in [0.15, 0.2) is 17.3 Å². The lowest BCUT2D eigenvalue weighted by molar-refractivity contribution is 0.0736. The largest absolute Gasteiger partial charge is 0.382 e. The normalized spacial score (nSPS) is 11.5. The van der Waals surface area contributed by atoms with Crippen LogP contribution in [0.1, 0.15) is 6.92 Å². The number of nitrogens with one attached hydrogen (secondary N) is 2. The van der Waals surface area contributed by atoms with Crippen molar-refractivity contribution in [3.8, 4) is 0 Å². The summed E-state index contributed by atoms with van der Waals surface area (Å²) in [4.78, 5) is 7.85. The molecule has 0 unspecified atom stereocenters. The minimum absolute atomic E-state index is 0.0241. The van der Waals surface area contributed by atoms with Gasteiger partial charge in [0.1, 0.15) is 4.90 Å². The molecular weight excluding hydrogens is 284 g/mol. The number of methoxy groups -OCH3 is 1. The Balaban J connectivity index is 2.43. The van der Waals surface area contributed by atoms with Gasteiger partial charge in [-0.15, -0.1) is 0 Å². The molecule has 1 aromatic heterocycles. The van der Waals surface area contributed by atoms with Crippen LogP contribution in [0, 0.1) is 0 Å². The Morgan fingerprint density at radius 2 is 1.90 bits per heavy atom. The number of ether oxygens (including phenoxy) is 2. The molecule has 0 atom stereocenters. The van der Waals surface area contributed by atoms with Crippen molar-refractivity contribution in [3.63, 3.8) is 0 Å². The average Bonchev–Trinajstić information content (AvgIpc) is 2.44. The highest BCUT2D eigenvalue weighted by Crippen LogP contribution is 2.06. The molecule has 9 heteroatoms. The first-order valence-electron chi connectivity index (χ1n) is 6.22. The Morgan fingerprint density at radius 1 is 1.20 bits per heavy atom. The van der Waals surface area contributed by atoms with Crippen LogP contribution in [-0.2, 0) is 19.5 Å². The molecule has 0 bridgehead atoms. The zero-order chi connectivity index (χ0) is 14.8. The molecule has 0 spiro atoms. The van der Waals surface area contributed by atoms with Crippen molar-refractivity contribution in [2.45, 2.75) is 11.8 Å². The summed E-state index contributed by atoms with van der Waals surface area (Å²) >= 11 is 0. The van der Waals surface area contributed by atoms with E-state index in [2.05, 4.69) is 20.0 Å². The highest BCUT2D eigenvalue weighted by atomic mass is 32.2. The summed E-state index contributed by atoms with van der Waals surface area (Å²) < 4.78 is 36.2. The van der Waals surface area contributed by atoms with Crippen LogP contribution >= 0.6 is 0 Å². The van der Waals surface area contributed by atoms with E-state index in [4.69, 9.17) is 9.47 Å². The van der Waals surface area contributed by atoms with Crippen molar-refractivity contribution in [1.29, 1.82) is 0 Å². The first kappa shape index (κ1) is 16.8. The first-order valence-corrected chi connectivity index (χ1v) is 7.70. The molecule has 0 amide bonds. The second-order valence-corrected chi connectivity index (χ2v) is 5.54. The van der Waals surface area contributed by atoms with Gasteiger partial charge in [-0.05, 0) is 6.92 Å². The van der Waals surface area contributed by atoms with Crippen molar-refractivity contribution in [3.05, 3.63) is 12.4 Å². The van der Waals surface area contributed by atoms with Crippen LogP contribution in [0.2, 0.25) is 0 Å². The van der Waals surface area contributed by atoms with Crippen molar-refractivity contribution in [2.75, 3.05) is 45.3 Å². The third kappa shape index (κ3) is 5.78. The zero-order valence-electron chi connectivity index (χ0n) is 11.6.